The first kappa shape index (κ1) is 28.8. The average Bonchev–Trinajstić information content (AvgIpc) is 3.59. The van der Waals surface area contributed by atoms with Crippen molar-refractivity contribution in [2.45, 2.75) is 39.0 Å². The molecular formula is C27H27FN4O7S. The third kappa shape index (κ3) is 7.24. The summed E-state index contributed by atoms with van der Waals surface area (Å²) in [5.74, 6) is -1.58. The predicted octanol–water partition coefficient (Wildman–Crippen LogP) is 4.86. The lowest BCUT2D eigenvalue weighted by Gasteiger charge is -2.29. The smallest absolute Gasteiger partial charge is 0.277 e. The van der Waals surface area contributed by atoms with Gasteiger partial charge in [-0.15, -0.1) is 11.3 Å². The van der Waals surface area contributed by atoms with Crippen LogP contribution in [0.4, 0.5) is 15.8 Å². The van der Waals surface area contributed by atoms with Gasteiger partial charge in [-0.25, -0.2) is 4.39 Å². The molecule has 1 aromatic heterocycles. The Morgan fingerprint density at radius 1 is 1.02 bits per heavy atom. The summed E-state index contributed by atoms with van der Waals surface area (Å²) in [6.07, 6.45) is 1.08. The van der Waals surface area contributed by atoms with Gasteiger partial charge in [-0.3, -0.25) is 29.8 Å². The number of hydrogen-bond acceptors (Lipinski definition) is 8. The molecule has 2 aromatic carbocycles. The molecule has 2 heterocycles. The Kier molecular flexibility index (Phi) is 9.17. The number of thiophene rings is 1. The quantitative estimate of drug-likeness (QED) is 0.237. The van der Waals surface area contributed by atoms with Crippen LogP contribution in [0.5, 0.6) is 0 Å². The predicted molar refractivity (Wildman–Crippen MR) is 144 cm³/mol. The van der Waals surface area contributed by atoms with E-state index in [2.05, 4.69) is 0 Å². The van der Waals surface area contributed by atoms with E-state index in [4.69, 9.17) is 4.74 Å². The van der Waals surface area contributed by atoms with Crippen LogP contribution in [0.2, 0.25) is 0 Å². The van der Waals surface area contributed by atoms with E-state index in [-0.39, 0.29) is 37.8 Å². The molecule has 1 aliphatic rings. The van der Waals surface area contributed by atoms with Crippen molar-refractivity contribution < 1.29 is 28.6 Å². The van der Waals surface area contributed by atoms with Crippen molar-refractivity contribution in [3.05, 3.63) is 102 Å². The standard InChI is InChI=1S/C27H27FN4O7S/c1-18-8-10-40-25(18)16-29(14-19-4-6-21(28)7-5-19)26(33)17-30(15-24-3-2-9-39-24)27(34)20-11-22(31(35)36)13-23(12-20)32(37)38/h4-8,10-13,24H,2-3,9,14-17H2,1H3. The molecule has 2 amide bonds. The summed E-state index contributed by atoms with van der Waals surface area (Å²) >= 11 is 1.48. The first-order chi connectivity index (χ1) is 19.1. The van der Waals surface area contributed by atoms with Crippen molar-refractivity contribution in [3.63, 3.8) is 0 Å². The normalized spacial score (nSPS) is 14.6. The van der Waals surface area contributed by atoms with Crippen LogP contribution in [0, 0.1) is 33.0 Å². The monoisotopic (exact) mass is 570 g/mol. The minimum atomic E-state index is -0.812. The lowest BCUT2D eigenvalue weighted by molar-refractivity contribution is -0.394. The molecule has 0 aliphatic carbocycles. The summed E-state index contributed by atoms with van der Waals surface area (Å²) in [4.78, 5) is 52.2. The van der Waals surface area contributed by atoms with Gasteiger partial charge in [0.25, 0.3) is 17.3 Å². The van der Waals surface area contributed by atoms with Crippen molar-refractivity contribution in [2.75, 3.05) is 19.7 Å². The lowest BCUT2D eigenvalue weighted by Crippen LogP contribution is -2.45. The maximum absolute atomic E-state index is 13.7. The van der Waals surface area contributed by atoms with Gasteiger partial charge >= 0.3 is 0 Å². The van der Waals surface area contributed by atoms with Crippen molar-refractivity contribution >= 4 is 34.5 Å². The highest BCUT2D eigenvalue weighted by Crippen LogP contribution is 2.25. The van der Waals surface area contributed by atoms with E-state index >= 15 is 0 Å². The van der Waals surface area contributed by atoms with Crippen LogP contribution in [0.15, 0.2) is 53.9 Å². The Bertz CT molecular complexity index is 1370. The van der Waals surface area contributed by atoms with Crippen LogP contribution in [0.1, 0.15) is 39.2 Å². The molecule has 40 heavy (non-hydrogen) atoms. The Balaban J connectivity index is 1.64. The molecule has 0 radical (unpaired) electrons. The molecule has 0 saturated carbocycles. The summed E-state index contributed by atoms with van der Waals surface area (Å²) < 4.78 is 19.2. The molecule has 1 saturated heterocycles. The molecule has 0 N–H and O–H groups in total. The molecule has 1 atom stereocenters. The first-order valence-corrected chi connectivity index (χ1v) is 13.4. The van der Waals surface area contributed by atoms with Gasteiger partial charge in [0.15, 0.2) is 0 Å². The number of amides is 2. The van der Waals surface area contributed by atoms with Gasteiger partial charge in [-0.2, -0.15) is 0 Å². The summed E-state index contributed by atoms with van der Waals surface area (Å²) in [6.45, 7) is 2.47. The molecule has 13 heteroatoms. The first-order valence-electron chi connectivity index (χ1n) is 12.5. The number of hydrogen-bond donors (Lipinski definition) is 0. The van der Waals surface area contributed by atoms with Crippen molar-refractivity contribution in [1.82, 2.24) is 9.80 Å². The molecule has 11 nitrogen and oxygen atoms in total. The van der Waals surface area contributed by atoms with Crippen LogP contribution in [-0.2, 0) is 22.6 Å². The van der Waals surface area contributed by atoms with Crippen LogP contribution < -0.4 is 0 Å². The number of rotatable bonds is 11. The van der Waals surface area contributed by atoms with E-state index in [9.17, 15) is 34.2 Å². The number of carbonyl (C=O) groups is 2. The molecule has 0 bridgehead atoms. The average molecular weight is 571 g/mol. The summed E-state index contributed by atoms with van der Waals surface area (Å²) in [7, 11) is 0. The van der Waals surface area contributed by atoms with Gasteiger partial charge in [0.2, 0.25) is 5.91 Å². The fourth-order valence-corrected chi connectivity index (χ4v) is 5.33. The number of carbonyl (C=O) groups excluding carboxylic acids is 2. The Labute approximate surface area is 233 Å². The van der Waals surface area contributed by atoms with Gasteiger partial charge in [0.05, 0.1) is 34.1 Å². The van der Waals surface area contributed by atoms with Gasteiger partial charge in [0, 0.05) is 36.7 Å². The number of ether oxygens (including phenoxy) is 1. The molecule has 210 valence electrons. The van der Waals surface area contributed by atoms with E-state index in [1.165, 1.54) is 28.4 Å². The second kappa shape index (κ2) is 12.7. The fourth-order valence-electron chi connectivity index (χ4n) is 4.41. The molecule has 4 rings (SSSR count). The zero-order valence-electron chi connectivity index (χ0n) is 21.7. The number of non-ortho nitro benzene ring substituents is 2. The Morgan fingerprint density at radius 2 is 1.70 bits per heavy atom. The Hall–Kier alpha value is -4.23. The van der Waals surface area contributed by atoms with Crippen molar-refractivity contribution in [3.8, 4) is 0 Å². The number of nitro benzene ring substituents is 2. The van der Waals surface area contributed by atoms with E-state index in [1.54, 1.807) is 17.0 Å². The second-order valence-electron chi connectivity index (χ2n) is 9.48. The lowest BCUT2D eigenvalue weighted by atomic mass is 10.1. The number of benzene rings is 2. The molecule has 1 fully saturated rings. The van der Waals surface area contributed by atoms with E-state index in [1.807, 2.05) is 18.4 Å². The highest BCUT2D eigenvalue weighted by molar-refractivity contribution is 7.10. The third-order valence-electron chi connectivity index (χ3n) is 6.57. The summed E-state index contributed by atoms with van der Waals surface area (Å²) in [5, 5.41) is 24.7. The number of nitro groups is 2. The maximum atomic E-state index is 13.7. The second-order valence-corrected chi connectivity index (χ2v) is 10.5. The zero-order valence-corrected chi connectivity index (χ0v) is 22.5. The van der Waals surface area contributed by atoms with Crippen LogP contribution in [-0.4, -0.2) is 57.3 Å². The van der Waals surface area contributed by atoms with Crippen LogP contribution in [0.3, 0.4) is 0 Å². The molecule has 0 spiro atoms. The zero-order chi connectivity index (χ0) is 28.8. The van der Waals surface area contributed by atoms with Crippen molar-refractivity contribution in [2.24, 2.45) is 0 Å². The van der Waals surface area contributed by atoms with Crippen molar-refractivity contribution in [1.29, 1.82) is 0 Å². The molecule has 3 aromatic rings. The largest absolute Gasteiger partial charge is 0.376 e. The van der Waals surface area contributed by atoms with E-state index < -0.39 is 38.9 Å². The van der Waals surface area contributed by atoms with Gasteiger partial charge in [-0.1, -0.05) is 12.1 Å². The minimum absolute atomic E-state index is 0.0312. The minimum Gasteiger partial charge on any atom is -0.376 e. The number of nitrogens with zero attached hydrogens (tertiary/aromatic N) is 4. The highest BCUT2D eigenvalue weighted by atomic mass is 32.1. The van der Waals surface area contributed by atoms with Gasteiger partial charge in [0.1, 0.15) is 12.4 Å². The summed E-state index contributed by atoms with van der Waals surface area (Å²) in [6, 6.07) is 10.4. The molecule has 1 unspecified atom stereocenters. The van der Waals surface area contributed by atoms with E-state index in [0.29, 0.717) is 18.6 Å². The van der Waals surface area contributed by atoms with Gasteiger partial charge in [-0.05, 0) is 54.5 Å². The number of halogens is 1. The van der Waals surface area contributed by atoms with Crippen LogP contribution in [0.25, 0.3) is 0 Å². The molecular weight excluding hydrogens is 543 g/mol. The third-order valence-corrected chi connectivity index (χ3v) is 7.58. The highest BCUT2D eigenvalue weighted by Gasteiger charge is 2.29. The SMILES string of the molecule is Cc1ccsc1CN(Cc1ccc(F)cc1)C(=O)CN(CC1CCCO1)C(=O)c1cc([N+](=O)[O-])cc([N+](=O)[O-])c1. The van der Waals surface area contributed by atoms with Gasteiger partial charge < -0.3 is 14.5 Å². The Morgan fingerprint density at radius 3 is 2.25 bits per heavy atom. The fraction of sp³-hybridized carbons (Fsp3) is 0.333. The van der Waals surface area contributed by atoms with E-state index in [0.717, 1.165) is 35.1 Å². The molecule has 1 aliphatic heterocycles. The topological polar surface area (TPSA) is 136 Å². The maximum Gasteiger partial charge on any atom is 0.277 e. The summed E-state index contributed by atoms with van der Waals surface area (Å²) in [5.41, 5.74) is 0.207. The number of aryl methyl sites for hydroxylation is 1. The van der Waals surface area contributed by atoms with Crippen LogP contribution >= 0.6 is 11.3 Å².